The summed E-state index contributed by atoms with van der Waals surface area (Å²) in [6, 6.07) is 9.02. The zero-order valence-electron chi connectivity index (χ0n) is 17.9. The van der Waals surface area contributed by atoms with E-state index in [0.29, 0.717) is 39.2 Å². The molecular weight excluding hydrogens is 451 g/mol. The van der Waals surface area contributed by atoms with Crippen molar-refractivity contribution >= 4 is 52.8 Å². The van der Waals surface area contributed by atoms with E-state index in [9.17, 15) is 14.4 Å². The SMILES string of the molecule is CCCCCCOc1ccc(Cl)cc1/C=C1\C(=O)NC(=O)N(c2cc(Cl)ccc2C)C1=O. The van der Waals surface area contributed by atoms with Crippen LogP contribution in [0, 0.1) is 6.92 Å². The molecular formula is C24H24Cl2N2O4. The fraction of sp³-hybridized carbons (Fsp3) is 0.292. The maximum atomic E-state index is 13.2. The Labute approximate surface area is 197 Å². The molecule has 1 saturated heterocycles. The highest BCUT2D eigenvalue weighted by Crippen LogP contribution is 2.30. The van der Waals surface area contributed by atoms with Gasteiger partial charge in [-0.2, -0.15) is 0 Å². The highest BCUT2D eigenvalue weighted by Gasteiger charge is 2.37. The van der Waals surface area contributed by atoms with Crippen molar-refractivity contribution in [3.05, 3.63) is 63.1 Å². The lowest BCUT2D eigenvalue weighted by atomic mass is 10.0. The molecule has 0 aliphatic carbocycles. The third-order valence-corrected chi connectivity index (χ3v) is 5.51. The molecule has 1 fully saturated rings. The van der Waals surface area contributed by atoms with Gasteiger partial charge in [-0.15, -0.1) is 0 Å². The van der Waals surface area contributed by atoms with Crippen LogP contribution in [0.2, 0.25) is 10.0 Å². The van der Waals surface area contributed by atoms with E-state index in [1.165, 1.54) is 12.1 Å². The summed E-state index contributed by atoms with van der Waals surface area (Å²) in [6.07, 6.45) is 5.59. The van der Waals surface area contributed by atoms with Crippen LogP contribution in [0.15, 0.2) is 42.0 Å². The molecule has 8 heteroatoms. The lowest BCUT2D eigenvalue weighted by molar-refractivity contribution is -0.122. The summed E-state index contributed by atoms with van der Waals surface area (Å²) in [6.45, 7) is 4.38. The molecule has 4 amide bonds. The number of imide groups is 2. The van der Waals surface area contributed by atoms with Gasteiger partial charge in [0.25, 0.3) is 11.8 Å². The monoisotopic (exact) mass is 474 g/mol. The second-order valence-corrected chi connectivity index (χ2v) is 8.35. The third kappa shape index (κ3) is 5.50. The van der Waals surface area contributed by atoms with Gasteiger partial charge in [-0.05, 0) is 55.3 Å². The van der Waals surface area contributed by atoms with Crippen LogP contribution in [0.1, 0.15) is 43.7 Å². The van der Waals surface area contributed by atoms with Gasteiger partial charge in [-0.3, -0.25) is 14.9 Å². The van der Waals surface area contributed by atoms with E-state index < -0.39 is 17.8 Å². The average molecular weight is 475 g/mol. The molecule has 168 valence electrons. The first-order valence-corrected chi connectivity index (χ1v) is 11.2. The van der Waals surface area contributed by atoms with Crippen molar-refractivity contribution in [2.24, 2.45) is 0 Å². The molecule has 1 N–H and O–H groups in total. The summed E-state index contributed by atoms with van der Waals surface area (Å²) < 4.78 is 5.87. The predicted octanol–water partition coefficient (Wildman–Crippen LogP) is 5.93. The quantitative estimate of drug-likeness (QED) is 0.292. The highest BCUT2D eigenvalue weighted by molar-refractivity contribution is 6.40. The summed E-state index contributed by atoms with van der Waals surface area (Å²) in [5.74, 6) is -1.04. The Morgan fingerprint density at radius 3 is 2.47 bits per heavy atom. The van der Waals surface area contributed by atoms with E-state index in [4.69, 9.17) is 27.9 Å². The number of aryl methyl sites for hydroxylation is 1. The van der Waals surface area contributed by atoms with E-state index in [2.05, 4.69) is 12.2 Å². The van der Waals surface area contributed by atoms with E-state index in [0.717, 1.165) is 30.6 Å². The Hall–Kier alpha value is -2.83. The molecule has 2 aromatic rings. The zero-order valence-corrected chi connectivity index (χ0v) is 19.4. The van der Waals surface area contributed by atoms with Crippen molar-refractivity contribution in [3.8, 4) is 5.75 Å². The molecule has 0 aromatic heterocycles. The first kappa shape index (κ1) is 23.8. The molecule has 0 bridgehead atoms. The Morgan fingerprint density at radius 2 is 1.72 bits per heavy atom. The van der Waals surface area contributed by atoms with Crippen LogP contribution >= 0.6 is 23.2 Å². The molecule has 2 aromatic carbocycles. The molecule has 0 atom stereocenters. The highest BCUT2D eigenvalue weighted by atomic mass is 35.5. The summed E-state index contributed by atoms with van der Waals surface area (Å²) in [4.78, 5) is 39.1. The second-order valence-electron chi connectivity index (χ2n) is 7.48. The van der Waals surface area contributed by atoms with Crippen molar-refractivity contribution < 1.29 is 19.1 Å². The number of rotatable bonds is 8. The lowest BCUT2D eigenvalue weighted by Gasteiger charge is -2.27. The standard InChI is InChI=1S/C24H24Cl2N2O4/c1-3-4-5-6-11-32-21-10-9-17(25)12-16(21)13-19-22(29)27-24(31)28(23(19)30)20-14-18(26)8-7-15(20)2/h7-10,12-14H,3-6,11H2,1-2H3,(H,27,29,31)/b19-13+. The van der Waals surface area contributed by atoms with Crippen LogP contribution in [-0.2, 0) is 9.59 Å². The molecule has 0 radical (unpaired) electrons. The molecule has 0 saturated carbocycles. The zero-order chi connectivity index (χ0) is 23.3. The number of nitrogens with zero attached hydrogens (tertiary/aromatic N) is 1. The fourth-order valence-corrected chi connectivity index (χ4v) is 3.68. The minimum Gasteiger partial charge on any atom is -0.493 e. The average Bonchev–Trinajstić information content (AvgIpc) is 2.74. The van der Waals surface area contributed by atoms with Gasteiger partial charge in [-0.25, -0.2) is 9.69 Å². The van der Waals surface area contributed by atoms with Crippen molar-refractivity contribution in [1.82, 2.24) is 5.32 Å². The minimum absolute atomic E-state index is 0.206. The largest absolute Gasteiger partial charge is 0.493 e. The van der Waals surface area contributed by atoms with E-state index in [1.807, 2.05) is 0 Å². The first-order valence-electron chi connectivity index (χ1n) is 10.4. The summed E-state index contributed by atoms with van der Waals surface area (Å²) in [5.41, 5.74) is 1.23. The summed E-state index contributed by atoms with van der Waals surface area (Å²) >= 11 is 12.2. The van der Waals surface area contributed by atoms with Gasteiger partial charge in [0.1, 0.15) is 11.3 Å². The molecule has 1 aliphatic heterocycles. The van der Waals surface area contributed by atoms with Gasteiger partial charge in [0.05, 0.1) is 12.3 Å². The number of hydrogen-bond donors (Lipinski definition) is 1. The number of halogens is 2. The fourth-order valence-electron chi connectivity index (χ4n) is 3.33. The predicted molar refractivity (Wildman–Crippen MR) is 126 cm³/mol. The number of carbonyl (C=O) groups excluding carboxylic acids is 3. The van der Waals surface area contributed by atoms with Crippen molar-refractivity contribution in [2.45, 2.75) is 39.5 Å². The Balaban J connectivity index is 1.94. The maximum absolute atomic E-state index is 13.2. The van der Waals surface area contributed by atoms with Crippen LogP contribution in [0.25, 0.3) is 6.08 Å². The van der Waals surface area contributed by atoms with Gasteiger partial charge < -0.3 is 4.74 Å². The number of carbonyl (C=O) groups is 3. The van der Waals surface area contributed by atoms with Crippen LogP contribution < -0.4 is 15.0 Å². The normalized spacial score (nSPS) is 15.3. The number of ether oxygens (including phenoxy) is 1. The number of urea groups is 1. The van der Waals surface area contributed by atoms with Crippen LogP contribution in [0.4, 0.5) is 10.5 Å². The second kappa shape index (κ2) is 10.7. The molecule has 1 heterocycles. The number of hydrogen-bond acceptors (Lipinski definition) is 4. The Kier molecular flexibility index (Phi) is 7.94. The number of anilines is 1. The van der Waals surface area contributed by atoms with Crippen LogP contribution in [0.5, 0.6) is 5.75 Å². The summed E-state index contributed by atoms with van der Waals surface area (Å²) in [7, 11) is 0. The van der Waals surface area contributed by atoms with E-state index in [-0.39, 0.29) is 5.57 Å². The minimum atomic E-state index is -0.832. The van der Waals surface area contributed by atoms with Crippen molar-refractivity contribution in [2.75, 3.05) is 11.5 Å². The van der Waals surface area contributed by atoms with E-state index in [1.54, 1.807) is 37.3 Å². The van der Waals surface area contributed by atoms with E-state index >= 15 is 0 Å². The lowest BCUT2D eigenvalue weighted by Crippen LogP contribution is -2.54. The molecule has 6 nitrogen and oxygen atoms in total. The van der Waals surface area contributed by atoms with Gasteiger partial charge in [0.15, 0.2) is 0 Å². The topological polar surface area (TPSA) is 75.7 Å². The third-order valence-electron chi connectivity index (χ3n) is 5.04. The molecule has 1 aliphatic rings. The first-order chi connectivity index (χ1) is 15.3. The van der Waals surface area contributed by atoms with Gasteiger partial charge in [0.2, 0.25) is 0 Å². The molecule has 0 unspecified atom stereocenters. The number of unbranched alkanes of at least 4 members (excludes halogenated alkanes) is 3. The van der Waals surface area contributed by atoms with Crippen molar-refractivity contribution in [1.29, 1.82) is 0 Å². The number of benzene rings is 2. The number of amides is 4. The number of barbiturate groups is 1. The maximum Gasteiger partial charge on any atom is 0.335 e. The van der Waals surface area contributed by atoms with Crippen LogP contribution in [-0.4, -0.2) is 24.5 Å². The summed E-state index contributed by atoms with van der Waals surface area (Å²) in [5, 5.41) is 3.01. The van der Waals surface area contributed by atoms with Crippen molar-refractivity contribution in [3.63, 3.8) is 0 Å². The Morgan fingerprint density at radius 1 is 1.00 bits per heavy atom. The molecule has 0 spiro atoms. The van der Waals surface area contributed by atoms with Gasteiger partial charge in [0, 0.05) is 15.6 Å². The van der Waals surface area contributed by atoms with Gasteiger partial charge in [-0.1, -0.05) is 55.5 Å². The Bertz CT molecular complexity index is 1080. The molecule has 32 heavy (non-hydrogen) atoms. The van der Waals surface area contributed by atoms with Crippen LogP contribution in [0.3, 0.4) is 0 Å². The molecule has 3 rings (SSSR count). The smallest absolute Gasteiger partial charge is 0.335 e. The number of nitrogens with one attached hydrogen (secondary N) is 1. The van der Waals surface area contributed by atoms with Gasteiger partial charge >= 0.3 is 6.03 Å².